The number of benzene rings is 3. The van der Waals surface area contributed by atoms with E-state index in [4.69, 9.17) is 31.5 Å². The number of anilines is 1. The standard InChI is InChI=1S/C35H32ClF3N2O6/c1-4-46-33(43)28-25(20-7-6-8-24(17-20)45-3)18-26-29(31(28)42)27(19-9-13-22(36)14-10-19)30(34(44)47-5-2)32(40)41(26)23-15-11-21(12-16-23)35(37,38)39/h6-17,25,27-28H,4-5,18,40H2,1-3H3/t25-,27-,28-/m0/s1. The Hall–Kier alpha value is -4.77. The lowest BCUT2D eigenvalue weighted by molar-refractivity contribution is -0.152. The van der Waals surface area contributed by atoms with E-state index in [1.807, 2.05) is 0 Å². The summed E-state index contributed by atoms with van der Waals surface area (Å²) in [6.07, 6.45) is -4.58. The molecule has 1 heterocycles. The van der Waals surface area contributed by atoms with E-state index >= 15 is 0 Å². The average molecular weight is 669 g/mol. The fraction of sp³-hybridized carbons (Fsp3) is 0.286. The Morgan fingerprint density at radius 1 is 0.957 bits per heavy atom. The number of carbonyl (C=O) groups is 3. The van der Waals surface area contributed by atoms with Gasteiger partial charge in [0.25, 0.3) is 0 Å². The average Bonchev–Trinajstić information content (AvgIpc) is 3.04. The summed E-state index contributed by atoms with van der Waals surface area (Å²) in [4.78, 5) is 43.5. The van der Waals surface area contributed by atoms with Crippen LogP contribution in [0.15, 0.2) is 95.5 Å². The van der Waals surface area contributed by atoms with E-state index in [-0.39, 0.29) is 42.3 Å². The highest BCUT2D eigenvalue weighted by molar-refractivity contribution is 6.30. The largest absolute Gasteiger partial charge is 0.497 e. The minimum Gasteiger partial charge on any atom is -0.497 e. The maximum Gasteiger partial charge on any atom is 0.416 e. The Morgan fingerprint density at radius 2 is 1.62 bits per heavy atom. The Morgan fingerprint density at radius 3 is 2.21 bits per heavy atom. The van der Waals surface area contributed by atoms with E-state index in [9.17, 15) is 27.6 Å². The summed E-state index contributed by atoms with van der Waals surface area (Å²) in [5, 5.41) is 0.400. The zero-order valence-electron chi connectivity index (χ0n) is 25.8. The fourth-order valence-electron chi connectivity index (χ4n) is 6.21. The highest BCUT2D eigenvalue weighted by Crippen LogP contribution is 2.52. The molecular weight excluding hydrogens is 637 g/mol. The lowest BCUT2D eigenvalue weighted by Crippen LogP contribution is -2.46. The molecule has 8 nitrogen and oxygen atoms in total. The van der Waals surface area contributed by atoms with Crippen molar-refractivity contribution in [3.8, 4) is 5.75 Å². The van der Waals surface area contributed by atoms with Gasteiger partial charge in [0.05, 0.1) is 37.4 Å². The number of nitrogens with zero attached hydrogens (tertiary/aromatic N) is 1. The molecule has 5 rings (SSSR count). The highest BCUT2D eigenvalue weighted by atomic mass is 35.5. The van der Waals surface area contributed by atoms with Crippen LogP contribution in [0.4, 0.5) is 18.9 Å². The highest BCUT2D eigenvalue weighted by Gasteiger charge is 2.51. The van der Waals surface area contributed by atoms with Crippen LogP contribution in [0.2, 0.25) is 5.02 Å². The second kappa shape index (κ2) is 13.5. The Labute approximate surface area is 274 Å². The van der Waals surface area contributed by atoms with Gasteiger partial charge in [-0.1, -0.05) is 35.9 Å². The number of alkyl halides is 3. The maximum absolute atomic E-state index is 14.9. The summed E-state index contributed by atoms with van der Waals surface area (Å²) in [7, 11) is 1.49. The Bertz CT molecular complexity index is 1750. The molecule has 3 aromatic carbocycles. The van der Waals surface area contributed by atoms with Crippen molar-refractivity contribution in [1.82, 2.24) is 0 Å². The number of halogens is 4. The first-order valence-electron chi connectivity index (χ1n) is 14.9. The van der Waals surface area contributed by atoms with Crippen molar-refractivity contribution >= 4 is 35.0 Å². The van der Waals surface area contributed by atoms with Crippen molar-refractivity contribution in [3.05, 3.63) is 117 Å². The summed E-state index contributed by atoms with van der Waals surface area (Å²) in [5.41, 5.74) is 7.41. The molecule has 0 spiro atoms. The summed E-state index contributed by atoms with van der Waals surface area (Å²) >= 11 is 6.19. The molecule has 47 heavy (non-hydrogen) atoms. The van der Waals surface area contributed by atoms with Crippen LogP contribution in [-0.2, 0) is 30.0 Å². The number of allylic oxidation sites excluding steroid dienone is 2. The lowest BCUT2D eigenvalue weighted by atomic mass is 9.67. The minimum absolute atomic E-state index is 0.0125. The molecule has 3 atom stereocenters. The first-order valence-corrected chi connectivity index (χ1v) is 15.3. The predicted molar refractivity (Wildman–Crippen MR) is 168 cm³/mol. The topological polar surface area (TPSA) is 108 Å². The lowest BCUT2D eigenvalue weighted by Gasteiger charge is -2.44. The van der Waals surface area contributed by atoms with Gasteiger partial charge in [0.1, 0.15) is 17.5 Å². The Balaban J connectivity index is 1.82. The van der Waals surface area contributed by atoms with Gasteiger partial charge in [-0.15, -0.1) is 0 Å². The molecule has 0 saturated carbocycles. The number of Topliss-reactive ketones (excluding diaryl/α,β-unsaturated/α-hetero) is 1. The fourth-order valence-corrected chi connectivity index (χ4v) is 6.33. The summed E-state index contributed by atoms with van der Waals surface area (Å²) in [6, 6.07) is 17.6. The zero-order chi connectivity index (χ0) is 34.0. The molecule has 0 saturated heterocycles. The summed E-state index contributed by atoms with van der Waals surface area (Å²) in [6.45, 7) is 3.22. The van der Waals surface area contributed by atoms with Crippen molar-refractivity contribution in [2.45, 2.75) is 38.3 Å². The van der Waals surface area contributed by atoms with Gasteiger partial charge < -0.3 is 19.9 Å². The molecule has 12 heteroatoms. The van der Waals surface area contributed by atoms with Gasteiger partial charge in [-0.3, -0.25) is 14.5 Å². The van der Waals surface area contributed by atoms with Gasteiger partial charge in [0, 0.05) is 27.9 Å². The van der Waals surface area contributed by atoms with Gasteiger partial charge in [0.15, 0.2) is 5.78 Å². The molecule has 1 aliphatic heterocycles. The SMILES string of the molecule is CCOC(=O)C1=C(N)N(c2ccc(C(F)(F)F)cc2)C2=C(C(=O)[C@@H](C(=O)OCC)[C@H](c3cccc(OC)c3)C2)[C@@H]1c1ccc(Cl)cc1. The van der Waals surface area contributed by atoms with Gasteiger partial charge in [-0.05, 0) is 79.9 Å². The van der Waals surface area contributed by atoms with Crippen molar-refractivity contribution in [1.29, 1.82) is 0 Å². The molecule has 2 aliphatic rings. The number of nitrogens with two attached hydrogens (primary N) is 1. The second-order valence-electron chi connectivity index (χ2n) is 10.9. The number of ether oxygens (including phenoxy) is 3. The normalized spacial score (nSPS) is 19.8. The van der Waals surface area contributed by atoms with Crippen molar-refractivity contribution in [3.63, 3.8) is 0 Å². The molecule has 0 aromatic heterocycles. The second-order valence-corrected chi connectivity index (χ2v) is 11.4. The maximum atomic E-state index is 14.9. The van der Waals surface area contributed by atoms with Crippen LogP contribution < -0.4 is 15.4 Å². The quantitative estimate of drug-likeness (QED) is 0.204. The van der Waals surface area contributed by atoms with Crippen LogP contribution in [0.25, 0.3) is 0 Å². The van der Waals surface area contributed by atoms with E-state index in [2.05, 4.69) is 0 Å². The van der Waals surface area contributed by atoms with Crippen LogP contribution >= 0.6 is 11.6 Å². The van der Waals surface area contributed by atoms with Crippen LogP contribution in [0.3, 0.4) is 0 Å². The van der Waals surface area contributed by atoms with Gasteiger partial charge in [-0.2, -0.15) is 13.2 Å². The molecule has 0 fully saturated rings. The van der Waals surface area contributed by atoms with Crippen LogP contribution in [-0.4, -0.2) is 38.0 Å². The van der Waals surface area contributed by atoms with Crippen LogP contribution in [0, 0.1) is 5.92 Å². The number of esters is 2. The Kier molecular flexibility index (Phi) is 9.67. The number of ketones is 1. The molecule has 0 unspecified atom stereocenters. The summed E-state index contributed by atoms with van der Waals surface area (Å²) in [5.74, 6) is -5.05. The van der Waals surface area contributed by atoms with E-state index in [1.54, 1.807) is 62.4 Å². The van der Waals surface area contributed by atoms with E-state index in [1.165, 1.54) is 24.1 Å². The number of hydrogen-bond acceptors (Lipinski definition) is 8. The number of carbonyl (C=O) groups excluding carboxylic acids is 3. The molecule has 3 aromatic rings. The van der Waals surface area contributed by atoms with Crippen LogP contribution in [0.1, 0.15) is 48.8 Å². The van der Waals surface area contributed by atoms with Gasteiger partial charge >= 0.3 is 18.1 Å². The molecule has 0 radical (unpaired) electrons. The molecule has 246 valence electrons. The third kappa shape index (κ3) is 6.44. The summed E-state index contributed by atoms with van der Waals surface area (Å²) < 4.78 is 56.8. The van der Waals surface area contributed by atoms with Gasteiger partial charge in [0.2, 0.25) is 0 Å². The van der Waals surface area contributed by atoms with E-state index in [0.29, 0.717) is 27.6 Å². The number of rotatable bonds is 8. The van der Waals surface area contributed by atoms with E-state index < -0.39 is 47.2 Å². The minimum atomic E-state index is -4.60. The van der Waals surface area contributed by atoms with Crippen molar-refractivity contribution < 1.29 is 41.8 Å². The number of hydrogen-bond donors (Lipinski definition) is 1. The smallest absolute Gasteiger partial charge is 0.416 e. The monoisotopic (exact) mass is 668 g/mol. The van der Waals surface area contributed by atoms with Crippen molar-refractivity contribution in [2.24, 2.45) is 11.7 Å². The first kappa shape index (κ1) is 33.6. The van der Waals surface area contributed by atoms with Crippen LogP contribution in [0.5, 0.6) is 5.75 Å². The molecule has 0 bridgehead atoms. The zero-order valence-corrected chi connectivity index (χ0v) is 26.5. The predicted octanol–water partition coefficient (Wildman–Crippen LogP) is 6.89. The molecule has 2 N–H and O–H groups in total. The third-order valence-corrected chi connectivity index (χ3v) is 8.50. The van der Waals surface area contributed by atoms with E-state index in [0.717, 1.165) is 12.1 Å². The molecule has 0 amide bonds. The van der Waals surface area contributed by atoms with Gasteiger partial charge in [-0.25, -0.2) is 4.79 Å². The number of methoxy groups -OCH3 is 1. The first-order chi connectivity index (χ1) is 22.4. The molecule has 1 aliphatic carbocycles. The van der Waals surface area contributed by atoms with Crippen molar-refractivity contribution in [2.75, 3.05) is 25.2 Å². The molecular formula is C35H32ClF3N2O6. The third-order valence-electron chi connectivity index (χ3n) is 8.25.